The number of piperidine rings is 1. The van der Waals surface area contributed by atoms with Crippen LogP contribution < -0.4 is 11.1 Å². The number of esters is 1. The largest absolute Gasteiger partial charge is 0.458 e. The molecule has 3 N–H and O–H groups in total. The number of ketones is 1. The summed E-state index contributed by atoms with van der Waals surface area (Å²) >= 11 is 0. The Balaban J connectivity index is 0.000000335. The molecule has 0 atom stereocenters. The maximum Gasteiger partial charge on any atom is 0.339 e. The van der Waals surface area contributed by atoms with E-state index in [4.69, 9.17) is 10.5 Å². The molecule has 0 unspecified atom stereocenters. The van der Waals surface area contributed by atoms with Gasteiger partial charge in [-0.1, -0.05) is 19.1 Å². The Morgan fingerprint density at radius 1 is 1.27 bits per heavy atom. The van der Waals surface area contributed by atoms with Crippen LogP contribution in [0.5, 0.6) is 0 Å². The fraction of sp³-hybridized carbons (Fsp3) is 0.412. The molecule has 1 aliphatic rings. The summed E-state index contributed by atoms with van der Waals surface area (Å²) < 4.78 is 4.86. The molecule has 1 saturated heterocycles. The first-order chi connectivity index (χ1) is 10.6. The van der Waals surface area contributed by atoms with Gasteiger partial charge in [-0.2, -0.15) is 0 Å². The van der Waals surface area contributed by atoms with Crippen molar-refractivity contribution >= 4 is 17.4 Å². The lowest BCUT2D eigenvalue weighted by atomic mass is 10.0. The van der Waals surface area contributed by atoms with Crippen LogP contribution in [0.2, 0.25) is 0 Å². The van der Waals surface area contributed by atoms with E-state index in [1.54, 1.807) is 6.07 Å². The van der Waals surface area contributed by atoms with Crippen LogP contribution in [0, 0.1) is 0 Å². The smallest absolute Gasteiger partial charge is 0.339 e. The van der Waals surface area contributed by atoms with Crippen LogP contribution in [0.3, 0.4) is 0 Å². The van der Waals surface area contributed by atoms with Crippen molar-refractivity contribution < 1.29 is 14.3 Å². The third-order valence-electron chi connectivity index (χ3n) is 3.18. The Morgan fingerprint density at radius 3 is 2.41 bits per heavy atom. The molecule has 0 saturated carbocycles. The van der Waals surface area contributed by atoms with Crippen molar-refractivity contribution in [1.82, 2.24) is 5.32 Å². The second kappa shape index (κ2) is 9.73. The summed E-state index contributed by atoms with van der Waals surface area (Å²) in [5.74, 6) is -0.775. The maximum absolute atomic E-state index is 11.6. The van der Waals surface area contributed by atoms with Gasteiger partial charge < -0.3 is 15.8 Å². The number of nitrogen functional groups attached to an aromatic ring is 1. The van der Waals surface area contributed by atoms with Gasteiger partial charge in [0.05, 0.1) is 5.56 Å². The van der Waals surface area contributed by atoms with Crippen molar-refractivity contribution in [3.63, 3.8) is 0 Å². The van der Waals surface area contributed by atoms with Gasteiger partial charge in [0, 0.05) is 11.3 Å². The number of nitrogens with one attached hydrogen (secondary N) is 1. The highest BCUT2D eigenvalue weighted by atomic mass is 16.5. The number of Topliss-reactive ketones (excluding diaryl/α,β-unsaturated/α-hetero) is 1. The molecule has 1 aliphatic heterocycles. The van der Waals surface area contributed by atoms with Crippen LogP contribution in [-0.4, -0.2) is 31.4 Å². The van der Waals surface area contributed by atoms with E-state index >= 15 is 0 Å². The van der Waals surface area contributed by atoms with Gasteiger partial charge in [-0.15, -0.1) is 0 Å². The average molecular weight is 304 g/mol. The van der Waals surface area contributed by atoms with Crippen LogP contribution >= 0.6 is 0 Å². The van der Waals surface area contributed by atoms with E-state index in [-0.39, 0.29) is 23.5 Å². The molecule has 0 bridgehead atoms. The van der Waals surface area contributed by atoms with E-state index in [1.165, 1.54) is 57.5 Å². The van der Waals surface area contributed by atoms with Crippen molar-refractivity contribution in [2.24, 2.45) is 0 Å². The molecule has 0 aromatic heterocycles. The van der Waals surface area contributed by atoms with Gasteiger partial charge in [0.15, 0.2) is 5.78 Å². The van der Waals surface area contributed by atoms with Gasteiger partial charge in [-0.3, -0.25) is 4.79 Å². The van der Waals surface area contributed by atoms with Gasteiger partial charge in [0.2, 0.25) is 0 Å². The fourth-order valence-electron chi connectivity index (χ4n) is 2.05. The van der Waals surface area contributed by atoms with Crippen molar-refractivity contribution in [1.29, 1.82) is 0 Å². The molecule has 5 nitrogen and oxygen atoms in total. The summed E-state index contributed by atoms with van der Waals surface area (Å²) in [6.07, 6.45) is 5.68. The Kier molecular flexibility index (Phi) is 7.92. The van der Waals surface area contributed by atoms with Crippen LogP contribution in [0.25, 0.3) is 0 Å². The molecule has 1 aromatic carbocycles. The van der Waals surface area contributed by atoms with Crippen LogP contribution in [0.1, 0.15) is 46.9 Å². The molecular formula is C17H24N2O3. The highest BCUT2D eigenvalue weighted by Gasteiger charge is 2.15. The molecule has 22 heavy (non-hydrogen) atoms. The predicted octanol–water partition coefficient (Wildman–Crippen LogP) is 2.57. The Labute approximate surface area is 131 Å². The lowest BCUT2D eigenvalue weighted by Crippen LogP contribution is -2.21. The molecule has 1 heterocycles. The first-order valence-electron chi connectivity index (χ1n) is 7.45. The van der Waals surface area contributed by atoms with Crippen molar-refractivity contribution in [3.8, 4) is 0 Å². The summed E-state index contributed by atoms with van der Waals surface area (Å²) in [5, 5.41) is 3.28. The topological polar surface area (TPSA) is 81.4 Å². The highest BCUT2D eigenvalue weighted by molar-refractivity contribution is 6.06. The molecular weight excluding hydrogens is 280 g/mol. The summed E-state index contributed by atoms with van der Waals surface area (Å²) in [6.45, 7) is 7.42. The van der Waals surface area contributed by atoms with E-state index in [0.717, 1.165) is 0 Å². The van der Waals surface area contributed by atoms with E-state index in [1.807, 2.05) is 0 Å². The van der Waals surface area contributed by atoms with Gasteiger partial charge in [0.25, 0.3) is 0 Å². The minimum atomic E-state index is -0.551. The molecule has 0 aliphatic carbocycles. The number of hydrogen-bond donors (Lipinski definition) is 2. The van der Waals surface area contributed by atoms with Crippen molar-refractivity contribution in [2.45, 2.75) is 26.2 Å². The second-order valence-corrected chi connectivity index (χ2v) is 5.06. The lowest BCUT2D eigenvalue weighted by Gasteiger charge is -2.08. The SMILES string of the molecule is C1CCNCC1.C=CCOC(=O)c1ccc(N)cc1C(C)=O. The quantitative estimate of drug-likeness (QED) is 0.387. The zero-order chi connectivity index (χ0) is 16.4. The molecule has 0 amide bonds. The molecule has 5 heteroatoms. The van der Waals surface area contributed by atoms with E-state index < -0.39 is 5.97 Å². The number of hydrogen-bond acceptors (Lipinski definition) is 5. The number of anilines is 1. The molecule has 0 spiro atoms. The van der Waals surface area contributed by atoms with Crippen LogP contribution in [-0.2, 0) is 4.74 Å². The Morgan fingerprint density at radius 2 is 1.95 bits per heavy atom. The average Bonchev–Trinajstić information content (AvgIpc) is 2.54. The number of benzene rings is 1. The number of carbonyl (C=O) groups is 2. The number of ether oxygens (including phenoxy) is 1. The van der Waals surface area contributed by atoms with E-state index in [9.17, 15) is 9.59 Å². The van der Waals surface area contributed by atoms with Gasteiger partial charge >= 0.3 is 5.97 Å². The third kappa shape index (κ3) is 6.10. The monoisotopic (exact) mass is 304 g/mol. The lowest BCUT2D eigenvalue weighted by molar-refractivity contribution is 0.0546. The normalized spacial score (nSPS) is 13.5. The maximum atomic E-state index is 11.6. The number of rotatable bonds is 4. The molecule has 120 valence electrons. The third-order valence-corrected chi connectivity index (χ3v) is 3.18. The van der Waals surface area contributed by atoms with Crippen molar-refractivity contribution in [2.75, 3.05) is 25.4 Å². The molecule has 1 fully saturated rings. The summed E-state index contributed by atoms with van der Waals surface area (Å²) in [7, 11) is 0. The van der Waals surface area contributed by atoms with Gasteiger partial charge in [-0.05, 0) is 51.1 Å². The summed E-state index contributed by atoms with van der Waals surface area (Å²) in [6, 6.07) is 4.50. The van der Waals surface area contributed by atoms with Crippen LogP contribution in [0.4, 0.5) is 5.69 Å². The van der Waals surface area contributed by atoms with E-state index in [2.05, 4.69) is 11.9 Å². The van der Waals surface area contributed by atoms with Crippen LogP contribution in [0.15, 0.2) is 30.9 Å². The van der Waals surface area contributed by atoms with Crippen molar-refractivity contribution in [3.05, 3.63) is 42.0 Å². The fourth-order valence-corrected chi connectivity index (χ4v) is 2.05. The zero-order valence-electron chi connectivity index (χ0n) is 13.1. The first-order valence-corrected chi connectivity index (χ1v) is 7.45. The molecule has 1 aromatic rings. The minimum Gasteiger partial charge on any atom is -0.458 e. The van der Waals surface area contributed by atoms with Gasteiger partial charge in [-0.25, -0.2) is 4.79 Å². The minimum absolute atomic E-state index is 0.112. The molecule has 0 radical (unpaired) electrons. The second-order valence-electron chi connectivity index (χ2n) is 5.06. The summed E-state index contributed by atoms with van der Waals surface area (Å²) in [4.78, 5) is 22.9. The Bertz CT molecular complexity index is 511. The van der Waals surface area contributed by atoms with Gasteiger partial charge in [0.1, 0.15) is 6.61 Å². The first kappa shape index (κ1) is 17.9. The standard InChI is InChI=1S/C12H13NO3.C5H11N/c1-3-6-16-12(15)10-5-4-9(13)7-11(10)8(2)14;1-2-4-6-5-3-1/h3-5,7H,1,6,13H2,2H3;6H,1-5H2. The molecule has 2 rings (SSSR count). The Hall–Kier alpha value is -2.14. The van der Waals surface area contributed by atoms with E-state index in [0.29, 0.717) is 5.69 Å². The predicted molar refractivity (Wildman–Crippen MR) is 88.1 cm³/mol. The summed E-state index contributed by atoms with van der Waals surface area (Å²) in [5.41, 5.74) is 6.48. The number of carbonyl (C=O) groups excluding carboxylic acids is 2. The zero-order valence-corrected chi connectivity index (χ0v) is 13.1. The highest BCUT2D eigenvalue weighted by Crippen LogP contribution is 2.15. The number of nitrogens with two attached hydrogens (primary N) is 1.